The minimum absolute atomic E-state index is 1.12. The van der Waals surface area contributed by atoms with Crippen LogP contribution in [0.25, 0.3) is 0 Å². The van der Waals surface area contributed by atoms with Crippen LogP contribution in [-0.4, -0.2) is 5.37 Å². The fraction of sp³-hybridized carbons (Fsp3) is 0.533. The number of rotatable bonds is 7. The van der Waals surface area contributed by atoms with E-state index < -0.39 is 0 Å². The van der Waals surface area contributed by atoms with Gasteiger partial charge in [-0.2, -0.15) is 0 Å². The van der Waals surface area contributed by atoms with Gasteiger partial charge in [0, 0.05) is 5.37 Å². The summed E-state index contributed by atoms with van der Waals surface area (Å²) in [7, 11) is 0. The molecular weight excluding hydrogens is 212 g/mol. The Morgan fingerprint density at radius 1 is 0.875 bits per heavy atom. The summed E-state index contributed by atoms with van der Waals surface area (Å²) in [4.78, 5) is 0. The average Bonchev–Trinajstić information content (AvgIpc) is 2.17. The molecule has 0 unspecified atom stereocenters. The first kappa shape index (κ1) is 15.3. The van der Waals surface area contributed by atoms with E-state index in [-0.39, 0.29) is 0 Å². The standard InChI is InChI=1S/C15H24S/c1-13(2)7-5-8-14(3)9-6-10-15(4)11-12-16/h7,9,11-12H,5-6,8,10H2,1-4H3. The van der Waals surface area contributed by atoms with E-state index in [1.807, 2.05) is 6.08 Å². The molecule has 0 N–H and O–H groups in total. The van der Waals surface area contributed by atoms with Gasteiger partial charge in [-0.15, -0.1) is 0 Å². The maximum absolute atomic E-state index is 4.79. The van der Waals surface area contributed by atoms with Crippen LogP contribution in [0.2, 0.25) is 0 Å². The molecule has 0 radical (unpaired) electrons. The molecule has 0 fully saturated rings. The molecule has 1 heteroatoms. The number of hydrogen-bond donors (Lipinski definition) is 0. The van der Waals surface area contributed by atoms with E-state index in [1.165, 1.54) is 29.6 Å². The number of allylic oxidation sites excluding steroid dienone is 6. The topological polar surface area (TPSA) is 0 Å². The van der Waals surface area contributed by atoms with E-state index in [0.29, 0.717) is 0 Å². The molecule has 0 bridgehead atoms. The van der Waals surface area contributed by atoms with Gasteiger partial charge in [-0.25, -0.2) is 0 Å². The second-order valence-electron chi connectivity index (χ2n) is 4.56. The maximum Gasteiger partial charge on any atom is 0.00129 e. The third kappa shape index (κ3) is 9.85. The van der Waals surface area contributed by atoms with Crippen LogP contribution in [0.1, 0.15) is 53.4 Å². The maximum atomic E-state index is 4.79. The Hall–Kier alpha value is -0.690. The third-order valence-corrected chi connectivity index (χ3v) is 2.61. The summed E-state index contributed by atoms with van der Waals surface area (Å²) < 4.78 is 0. The van der Waals surface area contributed by atoms with Crippen LogP contribution in [-0.2, 0) is 0 Å². The average molecular weight is 236 g/mol. The van der Waals surface area contributed by atoms with Crippen LogP contribution < -0.4 is 0 Å². The van der Waals surface area contributed by atoms with Gasteiger partial charge in [-0.3, -0.25) is 0 Å². The molecule has 0 amide bonds. The highest BCUT2D eigenvalue weighted by molar-refractivity contribution is 7.79. The Kier molecular flexibility index (Phi) is 9.12. The molecule has 0 aliphatic heterocycles. The van der Waals surface area contributed by atoms with Gasteiger partial charge in [0.2, 0.25) is 0 Å². The molecule has 0 aliphatic rings. The molecule has 0 saturated carbocycles. The van der Waals surface area contributed by atoms with Gasteiger partial charge in [0.25, 0.3) is 0 Å². The largest absolute Gasteiger partial charge is 0.0887 e. The smallest absolute Gasteiger partial charge is 0.00129 e. The van der Waals surface area contributed by atoms with Gasteiger partial charge in [-0.1, -0.05) is 47.2 Å². The molecular formula is C15H24S. The van der Waals surface area contributed by atoms with E-state index >= 15 is 0 Å². The van der Waals surface area contributed by atoms with E-state index in [4.69, 9.17) is 12.2 Å². The van der Waals surface area contributed by atoms with Gasteiger partial charge in [-0.05, 0) is 53.4 Å². The highest BCUT2D eigenvalue weighted by Gasteiger charge is 1.90. The fourth-order valence-electron chi connectivity index (χ4n) is 1.44. The van der Waals surface area contributed by atoms with Crippen LogP contribution in [0.15, 0.2) is 34.9 Å². The van der Waals surface area contributed by atoms with Gasteiger partial charge < -0.3 is 0 Å². The van der Waals surface area contributed by atoms with Crippen molar-refractivity contribution in [3.8, 4) is 0 Å². The van der Waals surface area contributed by atoms with Gasteiger partial charge in [0.1, 0.15) is 0 Å². The Bertz CT molecular complexity index is 289. The molecule has 0 aromatic heterocycles. The summed E-state index contributed by atoms with van der Waals surface area (Å²) in [5.41, 5.74) is 4.27. The van der Waals surface area contributed by atoms with Crippen LogP contribution in [0, 0.1) is 0 Å². The first-order valence-electron chi connectivity index (χ1n) is 5.96. The predicted molar refractivity (Wildman–Crippen MR) is 79.1 cm³/mol. The van der Waals surface area contributed by atoms with E-state index in [9.17, 15) is 0 Å². The van der Waals surface area contributed by atoms with Crippen molar-refractivity contribution in [3.05, 3.63) is 34.9 Å². The number of hydrogen-bond acceptors (Lipinski definition) is 1. The predicted octanol–water partition coefficient (Wildman–Crippen LogP) is 5.41. The van der Waals surface area contributed by atoms with Crippen LogP contribution in [0.4, 0.5) is 0 Å². The van der Waals surface area contributed by atoms with E-state index in [2.05, 4.69) is 39.8 Å². The van der Waals surface area contributed by atoms with Gasteiger partial charge in [0.05, 0.1) is 0 Å². The second kappa shape index (κ2) is 9.53. The molecule has 90 valence electrons. The van der Waals surface area contributed by atoms with Crippen molar-refractivity contribution in [2.45, 2.75) is 53.4 Å². The summed E-state index contributed by atoms with van der Waals surface area (Å²) in [5.74, 6) is 0. The first-order valence-corrected chi connectivity index (χ1v) is 6.43. The summed E-state index contributed by atoms with van der Waals surface area (Å²) in [6, 6.07) is 0. The van der Waals surface area contributed by atoms with Crippen molar-refractivity contribution < 1.29 is 0 Å². The molecule has 16 heavy (non-hydrogen) atoms. The lowest BCUT2D eigenvalue weighted by atomic mass is 10.1. The quantitative estimate of drug-likeness (QED) is 0.324. The van der Waals surface area contributed by atoms with E-state index in [1.54, 1.807) is 5.37 Å². The van der Waals surface area contributed by atoms with Crippen molar-refractivity contribution in [2.24, 2.45) is 0 Å². The lowest BCUT2D eigenvalue weighted by molar-refractivity contribution is 0.919. The van der Waals surface area contributed by atoms with Crippen molar-refractivity contribution in [1.82, 2.24) is 0 Å². The van der Waals surface area contributed by atoms with Crippen LogP contribution in [0.3, 0.4) is 0 Å². The Morgan fingerprint density at radius 3 is 2.00 bits per heavy atom. The highest BCUT2D eigenvalue weighted by Crippen LogP contribution is 2.10. The zero-order valence-corrected chi connectivity index (χ0v) is 11.9. The Morgan fingerprint density at radius 2 is 1.44 bits per heavy atom. The Labute approximate surface area is 106 Å². The summed E-state index contributed by atoms with van der Waals surface area (Å²) >= 11 is 4.79. The fourth-order valence-corrected chi connectivity index (χ4v) is 1.67. The molecule has 0 spiro atoms. The van der Waals surface area contributed by atoms with Crippen molar-refractivity contribution >= 4 is 17.6 Å². The summed E-state index contributed by atoms with van der Waals surface area (Å²) in [6.45, 7) is 8.66. The lowest BCUT2D eigenvalue weighted by Gasteiger charge is -2.00. The highest BCUT2D eigenvalue weighted by atomic mass is 32.1. The zero-order valence-electron chi connectivity index (χ0n) is 11.0. The SMILES string of the molecule is CC(C)=CCCC(C)=CCCC(C)=CC=S. The Balaban J connectivity index is 3.83. The van der Waals surface area contributed by atoms with Crippen molar-refractivity contribution in [1.29, 1.82) is 0 Å². The minimum Gasteiger partial charge on any atom is -0.0887 e. The molecule has 0 atom stereocenters. The third-order valence-electron chi connectivity index (χ3n) is 2.48. The normalized spacial score (nSPS) is 12.5. The van der Waals surface area contributed by atoms with Gasteiger partial charge >= 0.3 is 0 Å². The molecule has 0 aromatic carbocycles. The summed E-state index contributed by atoms with van der Waals surface area (Å²) in [5, 5.41) is 1.70. The van der Waals surface area contributed by atoms with Crippen LogP contribution >= 0.6 is 12.2 Å². The van der Waals surface area contributed by atoms with Gasteiger partial charge in [0.15, 0.2) is 0 Å². The minimum atomic E-state index is 1.12. The molecule has 0 aromatic rings. The zero-order chi connectivity index (χ0) is 12.4. The molecule has 0 saturated heterocycles. The first-order chi connectivity index (χ1) is 7.56. The molecule has 0 rings (SSSR count). The van der Waals surface area contributed by atoms with Crippen molar-refractivity contribution in [2.75, 3.05) is 0 Å². The second-order valence-corrected chi connectivity index (χ2v) is 4.83. The van der Waals surface area contributed by atoms with Crippen LogP contribution in [0.5, 0.6) is 0 Å². The monoisotopic (exact) mass is 236 g/mol. The molecule has 0 aliphatic carbocycles. The van der Waals surface area contributed by atoms with Crippen molar-refractivity contribution in [3.63, 3.8) is 0 Å². The van der Waals surface area contributed by atoms with E-state index in [0.717, 1.165) is 12.8 Å². The molecule has 0 nitrogen and oxygen atoms in total. The lowest BCUT2D eigenvalue weighted by Crippen LogP contribution is -1.80. The molecule has 0 heterocycles. The number of thiocarbonyl (C=S) groups is 1. The summed E-state index contributed by atoms with van der Waals surface area (Å²) in [6.07, 6.45) is 11.3.